The zero-order valence-corrected chi connectivity index (χ0v) is 16.8. The van der Waals surface area contributed by atoms with Gasteiger partial charge in [-0.15, -0.1) is 10.2 Å². The van der Waals surface area contributed by atoms with Crippen molar-refractivity contribution in [2.45, 2.75) is 6.54 Å². The Kier molecular flexibility index (Phi) is 5.33. The normalized spacial score (nSPS) is 10.9. The molecule has 146 valence electrons. The Morgan fingerprint density at radius 3 is 2.55 bits per heavy atom. The number of benzene rings is 2. The van der Waals surface area contributed by atoms with E-state index in [-0.39, 0.29) is 12.5 Å². The third kappa shape index (κ3) is 4.01. The minimum atomic E-state index is -0.338. The number of carbonyl (C=O) groups excluding carboxylic acids is 1. The van der Waals surface area contributed by atoms with E-state index in [0.717, 1.165) is 11.3 Å². The van der Waals surface area contributed by atoms with Crippen molar-refractivity contribution >= 4 is 34.8 Å². The third-order valence-corrected chi connectivity index (χ3v) is 4.77. The van der Waals surface area contributed by atoms with Crippen LogP contribution in [-0.2, 0) is 6.54 Å². The molecule has 29 heavy (non-hydrogen) atoms. The van der Waals surface area contributed by atoms with Crippen LogP contribution in [0.1, 0.15) is 16.2 Å². The first-order valence-electron chi connectivity index (χ1n) is 8.64. The number of hydrogen-bond acceptors (Lipinski definition) is 5. The van der Waals surface area contributed by atoms with Gasteiger partial charge >= 0.3 is 0 Å². The molecule has 4 rings (SSSR count). The first-order valence-corrected chi connectivity index (χ1v) is 9.40. The maximum Gasteiger partial charge on any atom is 0.255 e. The number of carbonyl (C=O) groups is 1. The highest BCUT2D eigenvalue weighted by Gasteiger charge is 2.15. The van der Waals surface area contributed by atoms with Crippen LogP contribution in [0.25, 0.3) is 16.9 Å². The number of rotatable bonds is 5. The second kappa shape index (κ2) is 8.06. The second-order valence-electron chi connectivity index (χ2n) is 6.14. The summed E-state index contributed by atoms with van der Waals surface area (Å²) < 4.78 is 6.82. The smallest absolute Gasteiger partial charge is 0.255 e. The molecule has 0 atom stereocenters. The van der Waals surface area contributed by atoms with Crippen molar-refractivity contribution in [1.82, 2.24) is 25.1 Å². The number of hydrogen-bond donors (Lipinski definition) is 1. The van der Waals surface area contributed by atoms with Crippen molar-refractivity contribution < 1.29 is 9.53 Å². The van der Waals surface area contributed by atoms with Crippen molar-refractivity contribution in [2.75, 3.05) is 7.11 Å². The van der Waals surface area contributed by atoms with Crippen molar-refractivity contribution in [3.05, 3.63) is 76.0 Å². The second-order valence-corrected chi connectivity index (χ2v) is 7.01. The summed E-state index contributed by atoms with van der Waals surface area (Å²) in [5.74, 6) is 0.585. The van der Waals surface area contributed by atoms with Gasteiger partial charge in [-0.2, -0.15) is 9.61 Å². The first-order chi connectivity index (χ1) is 14.0. The lowest BCUT2D eigenvalue weighted by Gasteiger charge is -2.09. The standard InChI is InChI=1S/C20H15Cl2N5O2/c1-29-17-8-6-14(22)10-15(17)20(28)23-11-19-25-24-18-9-7-16(26-27(18)19)12-2-4-13(21)5-3-12/h2-10H,11H2,1H3,(H,23,28). The minimum Gasteiger partial charge on any atom is -0.496 e. The fourth-order valence-corrected chi connectivity index (χ4v) is 3.13. The number of methoxy groups -OCH3 is 1. The summed E-state index contributed by atoms with van der Waals surface area (Å²) in [7, 11) is 1.49. The average Bonchev–Trinajstić information content (AvgIpc) is 3.14. The summed E-state index contributed by atoms with van der Waals surface area (Å²) in [6.45, 7) is 0.132. The molecule has 0 aliphatic carbocycles. The summed E-state index contributed by atoms with van der Waals surface area (Å²) in [4.78, 5) is 12.6. The lowest BCUT2D eigenvalue weighted by atomic mass is 10.1. The number of ether oxygens (including phenoxy) is 1. The highest BCUT2D eigenvalue weighted by Crippen LogP contribution is 2.23. The first kappa shape index (κ1) is 19.2. The zero-order valence-electron chi connectivity index (χ0n) is 15.3. The highest BCUT2D eigenvalue weighted by atomic mass is 35.5. The molecule has 4 aromatic rings. The van der Waals surface area contributed by atoms with Crippen LogP contribution in [-0.4, -0.2) is 32.8 Å². The van der Waals surface area contributed by atoms with Gasteiger partial charge in [0.2, 0.25) is 0 Å². The molecule has 0 saturated carbocycles. The van der Waals surface area contributed by atoms with E-state index >= 15 is 0 Å². The average molecular weight is 428 g/mol. The van der Waals surface area contributed by atoms with Gasteiger partial charge in [0.15, 0.2) is 11.5 Å². The molecule has 0 saturated heterocycles. The van der Waals surface area contributed by atoms with Gasteiger partial charge in [0.1, 0.15) is 5.75 Å². The van der Waals surface area contributed by atoms with Crippen LogP contribution in [0.5, 0.6) is 5.75 Å². The van der Waals surface area contributed by atoms with Crippen LogP contribution >= 0.6 is 23.2 Å². The summed E-state index contributed by atoms with van der Waals surface area (Å²) in [6, 6.07) is 15.9. The Balaban J connectivity index is 1.58. The van der Waals surface area contributed by atoms with Crippen LogP contribution < -0.4 is 10.1 Å². The van der Waals surface area contributed by atoms with E-state index < -0.39 is 0 Å². The van der Waals surface area contributed by atoms with E-state index in [2.05, 4.69) is 20.6 Å². The molecule has 7 nitrogen and oxygen atoms in total. The molecule has 1 N–H and O–H groups in total. The van der Waals surface area contributed by atoms with Gasteiger partial charge in [0, 0.05) is 15.6 Å². The molecule has 2 aromatic carbocycles. The maximum atomic E-state index is 12.6. The highest BCUT2D eigenvalue weighted by molar-refractivity contribution is 6.31. The van der Waals surface area contributed by atoms with E-state index in [1.54, 1.807) is 34.8 Å². The molecule has 2 aromatic heterocycles. The van der Waals surface area contributed by atoms with Gasteiger partial charge in [0.05, 0.1) is 24.9 Å². The quantitative estimate of drug-likeness (QED) is 0.519. The molecule has 9 heteroatoms. The Bertz CT molecular complexity index is 1190. The number of fused-ring (bicyclic) bond motifs is 1. The van der Waals surface area contributed by atoms with E-state index in [1.807, 2.05) is 24.3 Å². The monoisotopic (exact) mass is 427 g/mol. The molecule has 0 unspecified atom stereocenters. The SMILES string of the molecule is COc1ccc(Cl)cc1C(=O)NCc1nnc2ccc(-c3ccc(Cl)cc3)nn12. The third-order valence-electron chi connectivity index (χ3n) is 4.28. The van der Waals surface area contributed by atoms with Crippen LogP contribution in [0.2, 0.25) is 10.0 Å². The molecular weight excluding hydrogens is 413 g/mol. The minimum absolute atomic E-state index is 0.132. The van der Waals surface area contributed by atoms with Gasteiger partial charge < -0.3 is 10.1 Å². The maximum absolute atomic E-state index is 12.6. The fraction of sp³-hybridized carbons (Fsp3) is 0.100. The Labute approximate surface area is 176 Å². The molecule has 0 radical (unpaired) electrons. The van der Waals surface area contributed by atoms with E-state index in [1.165, 1.54) is 7.11 Å². The van der Waals surface area contributed by atoms with Crippen LogP contribution in [0.4, 0.5) is 0 Å². The van der Waals surface area contributed by atoms with Crippen molar-refractivity contribution in [2.24, 2.45) is 0 Å². The van der Waals surface area contributed by atoms with E-state index in [4.69, 9.17) is 27.9 Å². The van der Waals surface area contributed by atoms with E-state index in [0.29, 0.717) is 32.8 Å². The Morgan fingerprint density at radius 1 is 1.03 bits per heavy atom. The van der Waals surface area contributed by atoms with Gasteiger partial charge in [-0.25, -0.2) is 0 Å². The summed E-state index contributed by atoms with van der Waals surface area (Å²) in [5, 5.41) is 16.7. The number of nitrogens with one attached hydrogen (secondary N) is 1. The van der Waals surface area contributed by atoms with Crippen LogP contribution in [0.3, 0.4) is 0 Å². The van der Waals surface area contributed by atoms with Crippen LogP contribution in [0.15, 0.2) is 54.6 Å². The zero-order chi connectivity index (χ0) is 20.4. The van der Waals surface area contributed by atoms with Gasteiger partial charge in [-0.3, -0.25) is 4.79 Å². The van der Waals surface area contributed by atoms with Gasteiger partial charge in [-0.1, -0.05) is 35.3 Å². The number of halogens is 2. The van der Waals surface area contributed by atoms with Gasteiger partial charge in [0.25, 0.3) is 5.91 Å². The molecule has 0 spiro atoms. The molecule has 1 amide bonds. The Hall–Kier alpha value is -3.16. The molecule has 0 bridgehead atoms. The lowest BCUT2D eigenvalue weighted by molar-refractivity contribution is 0.0946. The fourth-order valence-electron chi connectivity index (χ4n) is 2.83. The van der Waals surface area contributed by atoms with Crippen molar-refractivity contribution in [3.8, 4) is 17.0 Å². The number of aromatic nitrogens is 4. The number of nitrogens with zero attached hydrogens (tertiary/aromatic N) is 4. The number of amides is 1. The molecular formula is C20H15Cl2N5O2. The van der Waals surface area contributed by atoms with Crippen LogP contribution in [0, 0.1) is 0 Å². The lowest BCUT2D eigenvalue weighted by Crippen LogP contribution is -2.24. The summed E-state index contributed by atoms with van der Waals surface area (Å²) in [5.41, 5.74) is 2.55. The molecule has 0 fully saturated rings. The topological polar surface area (TPSA) is 81.4 Å². The molecule has 0 aliphatic heterocycles. The van der Waals surface area contributed by atoms with E-state index in [9.17, 15) is 4.79 Å². The predicted octanol–water partition coefficient (Wildman–Crippen LogP) is 4.04. The molecule has 0 aliphatic rings. The Morgan fingerprint density at radius 2 is 1.79 bits per heavy atom. The predicted molar refractivity (Wildman–Crippen MR) is 110 cm³/mol. The molecule has 2 heterocycles. The van der Waals surface area contributed by atoms with Crippen molar-refractivity contribution in [3.63, 3.8) is 0 Å². The van der Waals surface area contributed by atoms with Gasteiger partial charge in [-0.05, 0) is 42.5 Å². The summed E-state index contributed by atoms with van der Waals surface area (Å²) in [6.07, 6.45) is 0. The summed E-state index contributed by atoms with van der Waals surface area (Å²) >= 11 is 12.0. The van der Waals surface area contributed by atoms with Crippen molar-refractivity contribution in [1.29, 1.82) is 0 Å². The largest absolute Gasteiger partial charge is 0.496 e.